The summed E-state index contributed by atoms with van der Waals surface area (Å²) in [6, 6.07) is 7.83. The topological polar surface area (TPSA) is 100 Å². The van der Waals surface area contributed by atoms with E-state index in [4.69, 9.17) is 14.7 Å². The van der Waals surface area contributed by atoms with Crippen LogP contribution in [0.4, 0.5) is 0 Å². The average Bonchev–Trinajstić information content (AvgIpc) is 3.34. The predicted octanol–water partition coefficient (Wildman–Crippen LogP) is 3.43. The fourth-order valence-electron chi connectivity index (χ4n) is 4.51. The second kappa shape index (κ2) is 13.2. The van der Waals surface area contributed by atoms with E-state index in [1.165, 1.54) is 11.6 Å². The first-order valence-electron chi connectivity index (χ1n) is 12.8. The number of likely N-dealkylation sites (tertiary alicyclic amines) is 1. The second-order valence-electron chi connectivity index (χ2n) is 10.6. The lowest BCUT2D eigenvalue weighted by atomic mass is 10.0. The summed E-state index contributed by atoms with van der Waals surface area (Å²) in [6.45, 7) is 9.06. The molecule has 0 unspecified atom stereocenters. The predicted molar refractivity (Wildman–Crippen MR) is 135 cm³/mol. The van der Waals surface area contributed by atoms with Crippen molar-refractivity contribution in [3.63, 3.8) is 0 Å². The number of rotatable bonds is 10. The number of esters is 1. The van der Waals surface area contributed by atoms with Gasteiger partial charge in [0, 0.05) is 18.7 Å². The van der Waals surface area contributed by atoms with Crippen LogP contribution < -0.4 is 10.8 Å². The first-order chi connectivity index (χ1) is 16.7. The summed E-state index contributed by atoms with van der Waals surface area (Å²) in [4.78, 5) is 26.4. The van der Waals surface area contributed by atoms with E-state index < -0.39 is 11.9 Å². The van der Waals surface area contributed by atoms with E-state index in [0.29, 0.717) is 6.61 Å². The Labute approximate surface area is 209 Å². The zero-order valence-corrected chi connectivity index (χ0v) is 21.3. The molecule has 0 spiro atoms. The molecule has 1 heterocycles. The van der Waals surface area contributed by atoms with Gasteiger partial charge in [-0.05, 0) is 89.6 Å². The van der Waals surface area contributed by atoms with Crippen molar-refractivity contribution in [1.82, 2.24) is 15.7 Å². The number of carbonyl (C=O) groups is 2. The van der Waals surface area contributed by atoms with Gasteiger partial charge in [-0.25, -0.2) is 5.48 Å². The molecule has 1 atom stereocenters. The summed E-state index contributed by atoms with van der Waals surface area (Å²) < 4.78 is 11.7. The standard InChI is InChI=1S/C27H41N3O5/c1-27(2,3)34-19-24(26(32)35-23-6-4-5-7-23)28-22-14-16-30(17-15-22)18-21-10-8-20(9-11-21)12-13-25(31)29-33/h8-13,22-24,28,33H,4-7,14-19H2,1-3H3,(H,29,31)/b13-12+/t24-/m0/s1. The SMILES string of the molecule is CC(C)(C)OC[C@H](NC1CCN(Cc2ccc(/C=C/C(=O)NO)cc2)CC1)C(=O)OC1CCCC1. The molecule has 1 saturated carbocycles. The van der Waals surface area contributed by atoms with E-state index in [-0.39, 0.29) is 23.7 Å². The van der Waals surface area contributed by atoms with Crippen LogP contribution >= 0.6 is 0 Å². The number of nitrogens with zero attached hydrogens (tertiary/aromatic N) is 1. The Hall–Kier alpha value is -2.26. The number of carbonyl (C=O) groups excluding carboxylic acids is 2. The molecule has 2 aliphatic rings. The lowest BCUT2D eigenvalue weighted by Crippen LogP contribution is -2.52. The summed E-state index contributed by atoms with van der Waals surface area (Å²) in [6.07, 6.45) is 9.11. The molecule has 1 saturated heterocycles. The van der Waals surface area contributed by atoms with E-state index >= 15 is 0 Å². The molecule has 3 N–H and O–H groups in total. The number of hydrogen-bond donors (Lipinski definition) is 3. The van der Waals surface area contributed by atoms with Gasteiger partial charge < -0.3 is 9.47 Å². The molecule has 0 radical (unpaired) electrons. The van der Waals surface area contributed by atoms with Gasteiger partial charge in [0.1, 0.15) is 12.1 Å². The summed E-state index contributed by atoms with van der Waals surface area (Å²) in [5.41, 5.74) is 3.37. The fraction of sp³-hybridized carbons (Fsp3) is 0.630. The molecule has 1 aromatic carbocycles. The normalized spacial score (nSPS) is 19.2. The molecule has 8 heteroatoms. The number of nitrogens with one attached hydrogen (secondary N) is 2. The lowest BCUT2D eigenvalue weighted by Gasteiger charge is -2.35. The van der Waals surface area contributed by atoms with Gasteiger partial charge >= 0.3 is 5.97 Å². The summed E-state index contributed by atoms with van der Waals surface area (Å²) >= 11 is 0. The Balaban J connectivity index is 1.47. The van der Waals surface area contributed by atoms with Crippen LogP contribution in [0.5, 0.6) is 0 Å². The van der Waals surface area contributed by atoms with Crippen LogP contribution in [0.25, 0.3) is 6.08 Å². The lowest BCUT2D eigenvalue weighted by molar-refractivity contribution is -0.155. The minimum Gasteiger partial charge on any atom is -0.461 e. The van der Waals surface area contributed by atoms with Gasteiger partial charge in [-0.3, -0.25) is 25.0 Å². The van der Waals surface area contributed by atoms with Crippen LogP contribution in [-0.2, 0) is 25.6 Å². The van der Waals surface area contributed by atoms with Crippen molar-refractivity contribution >= 4 is 18.0 Å². The number of hydroxylamine groups is 1. The number of benzene rings is 1. The van der Waals surface area contributed by atoms with Crippen LogP contribution in [0.2, 0.25) is 0 Å². The molecule has 1 aliphatic heterocycles. The van der Waals surface area contributed by atoms with Crippen LogP contribution in [0.3, 0.4) is 0 Å². The van der Waals surface area contributed by atoms with Crippen LogP contribution in [-0.4, -0.2) is 65.5 Å². The maximum Gasteiger partial charge on any atom is 0.325 e. The first kappa shape index (κ1) is 27.3. The third-order valence-corrected chi connectivity index (χ3v) is 6.50. The molecule has 194 valence electrons. The minimum absolute atomic E-state index is 0.0528. The third-order valence-electron chi connectivity index (χ3n) is 6.50. The Morgan fingerprint density at radius 1 is 1.11 bits per heavy atom. The van der Waals surface area contributed by atoms with E-state index in [9.17, 15) is 9.59 Å². The Morgan fingerprint density at radius 2 is 1.77 bits per heavy atom. The second-order valence-corrected chi connectivity index (χ2v) is 10.6. The van der Waals surface area contributed by atoms with Gasteiger partial charge in [0.25, 0.3) is 5.91 Å². The number of ether oxygens (including phenoxy) is 2. The minimum atomic E-state index is -0.551. The van der Waals surface area contributed by atoms with Crippen LogP contribution in [0, 0.1) is 0 Å². The summed E-state index contributed by atoms with van der Waals surface area (Å²) in [7, 11) is 0. The smallest absolute Gasteiger partial charge is 0.325 e. The van der Waals surface area contributed by atoms with Crippen molar-refractivity contribution in [3.05, 3.63) is 41.5 Å². The largest absolute Gasteiger partial charge is 0.461 e. The van der Waals surface area contributed by atoms with E-state index in [1.54, 1.807) is 11.6 Å². The molecular formula is C27H41N3O5. The molecule has 35 heavy (non-hydrogen) atoms. The first-order valence-corrected chi connectivity index (χ1v) is 12.8. The molecule has 1 aliphatic carbocycles. The van der Waals surface area contributed by atoms with Crippen molar-refractivity contribution in [2.24, 2.45) is 0 Å². The molecule has 8 nitrogen and oxygen atoms in total. The highest BCUT2D eigenvalue weighted by molar-refractivity contribution is 5.90. The van der Waals surface area contributed by atoms with Crippen molar-refractivity contribution in [1.29, 1.82) is 0 Å². The number of amides is 1. The zero-order valence-electron chi connectivity index (χ0n) is 21.3. The number of hydrogen-bond acceptors (Lipinski definition) is 7. The third kappa shape index (κ3) is 9.72. The van der Waals surface area contributed by atoms with Crippen LogP contribution in [0.15, 0.2) is 30.3 Å². The summed E-state index contributed by atoms with van der Waals surface area (Å²) in [5.74, 6) is -0.737. The van der Waals surface area contributed by atoms with Crippen molar-refractivity contribution in [2.45, 2.75) is 89.6 Å². The maximum absolute atomic E-state index is 12.9. The van der Waals surface area contributed by atoms with Crippen molar-refractivity contribution < 1.29 is 24.3 Å². The molecule has 1 amide bonds. The highest BCUT2D eigenvalue weighted by Gasteiger charge is 2.30. The fourth-order valence-corrected chi connectivity index (χ4v) is 4.51. The maximum atomic E-state index is 12.9. The monoisotopic (exact) mass is 487 g/mol. The highest BCUT2D eigenvalue weighted by Crippen LogP contribution is 2.22. The van der Waals surface area contributed by atoms with Crippen LogP contribution in [0.1, 0.15) is 70.4 Å². The van der Waals surface area contributed by atoms with E-state index in [0.717, 1.165) is 63.7 Å². The van der Waals surface area contributed by atoms with E-state index in [2.05, 4.69) is 22.3 Å². The molecule has 2 fully saturated rings. The van der Waals surface area contributed by atoms with Gasteiger partial charge in [0.2, 0.25) is 0 Å². The molecule has 0 aromatic heterocycles. The summed E-state index contributed by atoms with van der Waals surface area (Å²) in [5, 5.41) is 12.1. The van der Waals surface area contributed by atoms with Gasteiger partial charge in [-0.15, -0.1) is 0 Å². The molecule has 1 aromatic rings. The van der Waals surface area contributed by atoms with Gasteiger partial charge in [0.05, 0.1) is 12.2 Å². The zero-order chi connectivity index (χ0) is 25.3. The Kier molecular flexibility index (Phi) is 10.3. The van der Waals surface area contributed by atoms with Gasteiger partial charge in [-0.2, -0.15) is 0 Å². The quantitative estimate of drug-likeness (QED) is 0.201. The molecule has 0 bridgehead atoms. The van der Waals surface area contributed by atoms with Crippen molar-refractivity contribution in [3.8, 4) is 0 Å². The van der Waals surface area contributed by atoms with E-state index in [1.807, 2.05) is 32.9 Å². The van der Waals surface area contributed by atoms with Crippen molar-refractivity contribution in [2.75, 3.05) is 19.7 Å². The van der Waals surface area contributed by atoms with Gasteiger partial charge in [-0.1, -0.05) is 24.3 Å². The Bertz CT molecular complexity index is 835. The average molecular weight is 488 g/mol. The molecule has 3 rings (SSSR count). The highest BCUT2D eigenvalue weighted by atomic mass is 16.6. The Morgan fingerprint density at radius 3 is 2.37 bits per heavy atom. The van der Waals surface area contributed by atoms with Gasteiger partial charge in [0.15, 0.2) is 0 Å². The molecular weight excluding hydrogens is 446 g/mol. The number of piperidine rings is 1.